The lowest BCUT2D eigenvalue weighted by atomic mass is 9.84. The first-order valence-electron chi connectivity index (χ1n) is 9.34. The number of hydrogen-bond acceptors (Lipinski definition) is 8. The van der Waals surface area contributed by atoms with E-state index in [1.54, 1.807) is 0 Å². The van der Waals surface area contributed by atoms with Gasteiger partial charge in [-0.15, -0.1) is 11.3 Å². The van der Waals surface area contributed by atoms with Gasteiger partial charge in [-0.2, -0.15) is 4.98 Å². The third kappa shape index (κ3) is 5.84. The molecular formula is C19H28N4O5S. The van der Waals surface area contributed by atoms with Crippen LogP contribution in [0.3, 0.4) is 0 Å². The fourth-order valence-electron chi connectivity index (χ4n) is 2.91. The average molecular weight is 425 g/mol. The molecule has 2 heterocycles. The molecule has 9 nitrogen and oxygen atoms in total. The zero-order valence-electron chi connectivity index (χ0n) is 17.2. The van der Waals surface area contributed by atoms with Gasteiger partial charge in [0, 0.05) is 0 Å². The van der Waals surface area contributed by atoms with Crippen molar-refractivity contribution in [3.05, 3.63) is 23.3 Å². The molecule has 0 saturated carbocycles. The number of thiophene rings is 1. The molecule has 2 aromatic heterocycles. The van der Waals surface area contributed by atoms with E-state index in [0.717, 1.165) is 4.88 Å². The summed E-state index contributed by atoms with van der Waals surface area (Å²) in [4.78, 5) is 29.9. The van der Waals surface area contributed by atoms with Gasteiger partial charge in [0.1, 0.15) is 6.10 Å². The molecule has 10 heteroatoms. The van der Waals surface area contributed by atoms with Crippen molar-refractivity contribution >= 4 is 23.2 Å². The highest BCUT2D eigenvalue weighted by molar-refractivity contribution is 7.13. The fraction of sp³-hybridized carbons (Fsp3) is 0.579. The summed E-state index contributed by atoms with van der Waals surface area (Å²) in [5, 5.41) is 27.8. The molecule has 2 amide bonds. The van der Waals surface area contributed by atoms with Crippen LogP contribution in [0.4, 0.5) is 0 Å². The molecule has 2 aromatic rings. The van der Waals surface area contributed by atoms with E-state index in [1.807, 2.05) is 52.1 Å². The van der Waals surface area contributed by atoms with Gasteiger partial charge in [0.05, 0.1) is 16.8 Å². The summed E-state index contributed by atoms with van der Waals surface area (Å²) in [6, 6.07) is 3.11. The summed E-state index contributed by atoms with van der Waals surface area (Å²) in [7, 11) is 0. The number of amides is 2. The Hall–Kier alpha value is -2.30. The average Bonchev–Trinajstić information content (AvgIpc) is 3.32. The quantitative estimate of drug-likeness (QED) is 0.377. The number of nitrogens with zero attached hydrogens (tertiary/aromatic N) is 2. The maximum absolute atomic E-state index is 13.0. The molecule has 0 saturated heterocycles. The molecule has 0 aliphatic heterocycles. The third-order valence-corrected chi connectivity index (χ3v) is 5.26. The fourth-order valence-corrected chi connectivity index (χ4v) is 3.55. The lowest BCUT2D eigenvalue weighted by Gasteiger charge is -2.31. The Labute approximate surface area is 173 Å². The van der Waals surface area contributed by atoms with Crippen molar-refractivity contribution in [3.8, 4) is 10.8 Å². The van der Waals surface area contributed by atoms with Gasteiger partial charge >= 0.3 is 0 Å². The summed E-state index contributed by atoms with van der Waals surface area (Å²) in [5.74, 6) is -1.91. The first kappa shape index (κ1) is 23.0. The minimum absolute atomic E-state index is 0.0376. The number of aliphatic hydroxyl groups excluding tert-OH is 1. The number of aromatic nitrogens is 2. The van der Waals surface area contributed by atoms with E-state index >= 15 is 0 Å². The minimum atomic E-state index is -1.69. The van der Waals surface area contributed by atoms with Crippen molar-refractivity contribution in [2.24, 2.45) is 17.3 Å². The zero-order chi connectivity index (χ0) is 21.8. The standard InChI is InChI=1S/C19H28N4O5S/c1-10(2)9-11(13(24)17(26)22-27)16(25)20-14(19(3,4)5)15-21-18(28-23-15)12-7-6-8-29-12/h6-8,10-11,13-14,24,27H,9H2,1-5H3,(H,20,25)(H,22,26)/t11-,13+,14+/m1/s1. The Bertz CT molecular complexity index is 813. The van der Waals surface area contributed by atoms with Crippen molar-refractivity contribution in [1.29, 1.82) is 0 Å². The van der Waals surface area contributed by atoms with Gasteiger partial charge < -0.3 is 14.9 Å². The number of carbonyl (C=O) groups excluding carboxylic acids is 2. The minimum Gasteiger partial charge on any atom is -0.382 e. The SMILES string of the molecule is CC(C)C[C@@H](C(=O)N[C@@H](c1noc(-c2cccs2)n1)C(C)(C)C)[C@H](O)C(=O)NO. The van der Waals surface area contributed by atoms with Crippen LogP contribution < -0.4 is 10.8 Å². The molecule has 160 valence electrons. The smallest absolute Gasteiger partial charge is 0.272 e. The Balaban J connectivity index is 2.28. The second-order valence-electron chi connectivity index (χ2n) is 8.40. The highest BCUT2D eigenvalue weighted by atomic mass is 32.1. The Morgan fingerprint density at radius 3 is 2.48 bits per heavy atom. The van der Waals surface area contributed by atoms with E-state index in [4.69, 9.17) is 9.73 Å². The number of hydrogen-bond donors (Lipinski definition) is 4. The molecule has 29 heavy (non-hydrogen) atoms. The van der Waals surface area contributed by atoms with Crippen LogP contribution in [0, 0.1) is 17.3 Å². The summed E-state index contributed by atoms with van der Waals surface area (Å²) in [6.45, 7) is 9.48. The molecule has 0 bridgehead atoms. The number of rotatable bonds is 8. The van der Waals surface area contributed by atoms with E-state index < -0.39 is 35.3 Å². The lowest BCUT2D eigenvalue weighted by molar-refractivity contribution is -0.147. The Morgan fingerprint density at radius 1 is 1.28 bits per heavy atom. The number of hydroxylamine groups is 1. The largest absolute Gasteiger partial charge is 0.382 e. The summed E-state index contributed by atoms with van der Waals surface area (Å²) >= 11 is 1.46. The first-order valence-corrected chi connectivity index (χ1v) is 10.2. The van der Waals surface area contributed by atoms with Gasteiger partial charge in [0.15, 0.2) is 5.82 Å². The normalized spacial score (nSPS) is 15.0. The Kier molecular flexibility index (Phi) is 7.50. The predicted octanol–water partition coefficient (Wildman–Crippen LogP) is 2.53. The van der Waals surface area contributed by atoms with Gasteiger partial charge in [0.2, 0.25) is 5.91 Å². The molecule has 0 fully saturated rings. The van der Waals surface area contributed by atoms with Crippen molar-refractivity contribution in [3.63, 3.8) is 0 Å². The predicted molar refractivity (Wildman–Crippen MR) is 107 cm³/mol. The second kappa shape index (κ2) is 9.47. The van der Waals surface area contributed by atoms with Gasteiger partial charge in [0.25, 0.3) is 11.8 Å². The molecule has 4 N–H and O–H groups in total. The zero-order valence-corrected chi connectivity index (χ0v) is 18.0. The molecule has 0 spiro atoms. The van der Waals surface area contributed by atoms with Crippen LogP contribution in [-0.2, 0) is 9.59 Å². The van der Waals surface area contributed by atoms with Crippen molar-refractivity contribution < 1.29 is 24.4 Å². The molecular weight excluding hydrogens is 396 g/mol. The van der Waals surface area contributed by atoms with Crippen LogP contribution in [0.25, 0.3) is 10.8 Å². The van der Waals surface area contributed by atoms with Crippen molar-refractivity contribution in [1.82, 2.24) is 20.9 Å². The molecule has 0 aliphatic rings. The number of carbonyl (C=O) groups is 2. The summed E-state index contributed by atoms with van der Waals surface area (Å²) < 4.78 is 5.35. The van der Waals surface area contributed by atoms with E-state index in [2.05, 4.69) is 15.5 Å². The highest BCUT2D eigenvalue weighted by Gasteiger charge is 2.38. The molecule has 0 unspecified atom stereocenters. The van der Waals surface area contributed by atoms with Crippen LogP contribution in [0.2, 0.25) is 0 Å². The molecule has 3 atom stereocenters. The molecule has 0 radical (unpaired) electrons. The second-order valence-corrected chi connectivity index (χ2v) is 9.35. The Morgan fingerprint density at radius 2 is 1.97 bits per heavy atom. The first-order chi connectivity index (χ1) is 13.5. The maximum Gasteiger partial charge on any atom is 0.272 e. The number of aliphatic hydroxyl groups is 1. The van der Waals surface area contributed by atoms with Crippen molar-refractivity contribution in [2.75, 3.05) is 0 Å². The van der Waals surface area contributed by atoms with Crippen LogP contribution >= 0.6 is 11.3 Å². The van der Waals surface area contributed by atoms with E-state index in [9.17, 15) is 14.7 Å². The highest BCUT2D eigenvalue weighted by Crippen LogP contribution is 2.33. The van der Waals surface area contributed by atoms with Gasteiger partial charge in [-0.25, -0.2) is 5.48 Å². The van der Waals surface area contributed by atoms with Gasteiger partial charge in [-0.3, -0.25) is 14.8 Å². The molecule has 0 aromatic carbocycles. The third-order valence-electron chi connectivity index (χ3n) is 4.41. The van der Waals surface area contributed by atoms with Crippen LogP contribution in [0.1, 0.15) is 52.9 Å². The molecule has 2 rings (SSSR count). The van der Waals surface area contributed by atoms with Crippen molar-refractivity contribution in [2.45, 2.75) is 53.2 Å². The lowest BCUT2D eigenvalue weighted by Crippen LogP contribution is -2.48. The monoisotopic (exact) mass is 424 g/mol. The van der Waals surface area contributed by atoms with Gasteiger partial charge in [-0.05, 0) is 29.2 Å². The van der Waals surface area contributed by atoms with Crippen LogP contribution in [-0.4, -0.2) is 38.4 Å². The van der Waals surface area contributed by atoms with Crippen LogP contribution in [0.5, 0.6) is 0 Å². The van der Waals surface area contributed by atoms with Crippen LogP contribution in [0.15, 0.2) is 22.0 Å². The maximum atomic E-state index is 13.0. The topological polar surface area (TPSA) is 138 Å². The summed E-state index contributed by atoms with van der Waals surface area (Å²) in [5.41, 5.74) is 0.927. The van der Waals surface area contributed by atoms with Gasteiger partial charge in [-0.1, -0.05) is 45.8 Å². The molecule has 0 aliphatic carbocycles. The summed E-state index contributed by atoms with van der Waals surface area (Å²) in [6.07, 6.45) is -1.43. The van der Waals surface area contributed by atoms with E-state index in [0.29, 0.717) is 11.7 Å². The van der Waals surface area contributed by atoms with E-state index in [1.165, 1.54) is 16.8 Å². The van der Waals surface area contributed by atoms with E-state index in [-0.39, 0.29) is 12.3 Å². The number of nitrogens with one attached hydrogen (secondary N) is 2.